The molecule has 1 amide bonds. The fourth-order valence-corrected chi connectivity index (χ4v) is 2.84. The van der Waals surface area contributed by atoms with Crippen LogP contribution in [0.25, 0.3) is 11.3 Å². The third-order valence-electron chi connectivity index (χ3n) is 4.12. The molecule has 1 aromatic heterocycles. The minimum atomic E-state index is -0.229. The zero-order chi connectivity index (χ0) is 18.5. The number of hydrogen-bond donors (Lipinski definition) is 3. The van der Waals surface area contributed by atoms with Gasteiger partial charge in [0, 0.05) is 16.9 Å². The molecule has 27 heavy (non-hydrogen) atoms. The Bertz CT molecular complexity index is 1030. The number of rotatable bonds is 5. The maximum absolute atomic E-state index is 13.1. The highest BCUT2D eigenvalue weighted by Gasteiger charge is 2.22. The number of anilines is 3. The van der Waals surface area contributed by atoms with Crippen molar-refractivity contribution in [1.29, 1.82) is 0 Å². The van der Waals surface area contributed by atoms with Crippen LogP contribution in [0.2, 0.25) is 0 Å². The lowest BCUT2D eigenvalue weighted by atomic mass is 10.1. The molecule has 0 aliphatic carbocycles. The molecule has 0 saturated heterocycles. The zero-order valence-corrected chi connectivity index (χ0v) is 14.5. The van der Waals surface area contributed by atoms with Crippen molar-refractivity contribution in [3.05, 3.63) is 96.6 Å². The Hall–Kier alpha value is -3.86. The van der Waals surface area contributed by atoms with Crippen molar-refractivity contribution in [1.82, 2.24) is 10.2 Å². The second-order valence-corrected chi connectivity index (χ2v) is 6.00. The number of aromatic nitrogens is 2. The average molecular weight is 354 g/mol. The van der Waals surface area contributed by atoms with Crippen LogP contribution in [0.15, 0.2) is 91.0 Å². The lowest BCUT2D eigenvalue weighted by Gasteiger charge is -2.09. The fraction of sp³-hybridized carbons (Fsp3) is 0. The molecule has 5 heteroatoms. The molecule has 0 bridgehead atoms. The van der Waals surface area contributed by atoms with Crippen molar-refractivity contribution in [3.63, 3.8) is 0 Å². The second kappa shape index (κ2) is 7.58. The molecule has 1 heterocycles. The van der Waals surface area contributed by atoms with E-state index in [9.17, 15) is 4.79 Å². The maximum atomic E-state index is 13.1. The number of carbonyl (C=O) groups excluding carboxylic acids is 1. The maximum Gasteiger partial charge on any atom is 0.261 e. The molecule has 0 unspecified atom stereocenters. The quantitative estimate of drug-likeness (QED) is 0.468. The van der Waals surface area contributed by atoms with Crippen LogP contribution in [0.4, 0.5) is 17.2 Å². The average Bonchev–Trinajstić information content (AvgIpc) is 3.14. The number of H-pyrrole nitrogens is 1. The van der Waals surface area contributed by atoms with Gasteiger partial charge in [0.2, 0.25) is 0 Å². The van der Waals surface area contributed by atoms with Gasteiger partial charge in [-0.3, -0.25) is 9.89 Å². The molecule has 0 aliphatic rings. The minimum absolute atomic E-state index is 0.229. The number of nitrogens with one attached hydrogen (secondary N) is 3. The lowest BCUT2D eigenvalue weighted by Crippen LogP contribution is -2.14. The molecule has 132 valence electrons. The normalized spacial score (nSPS) is 10.4. The summed E-state index contributed by atoms with van der Waals surface area (Å²) in [5.41, 5.74) is 3.62. The van der Waals surface area contributed by atoms with Crippen LogP contribution in [-0.4, -0.2) is 16.1 Å². The predicted molar refractivity (Wildman–Crippen MR) is 108 cm³/mol. The Morgan fingerprint density at radius 1 is 0.741 bits per heavy atom. The number of benzene rings is 3. The molecule has 0 aliphatic heterocycles. The summed E-state index contributed by atoms with van der Waals surface area (Å²) in [6.07, 6.45) is 0. The fourth-order valence-electron chi connectivity index (χ4n) is 2.84. The van der Waals surface area contributed by atoms with Gasteiger partial charge in [0.25, 0.3) is 5.91 Å². The first-order valence-electron chi connectivity index (χ1n) is 8.63. The molecule has 0 atom stereocenters. The largest absolute Gasteiger partial charge is 0.338 e. The van der Waals surface area contributed by atoms with Gasteiger partial charge >= 0.3 is 0 Å². The van der Waals surface area contributed by atoms with Gasteiger partial charge in [-0.1, -0.05) is 66.7 Å². The van der Waals surface area contributed by atoms with Crippen LogP contribution < -0.4 is 10.6 Å². The first-order chi connectivity index (χ1) is 13.3. The van der Waals surface area contributed by atoms with E-state index < -0.39 is 0 Å². The lowest BCUT2D eigenvalue weighted by molar-refractivity contribution is 0.102. The van der Waals surface area contributed by atoms with Gasteiger partial charge in [0.05, 0.1) is 5.69 Å². The Balaban J connectivity index is 1.73. The molecular weight excluding hydrogens is 336 g/mol. The van der Waals surface area contributed by atoms with E-state index in [1.165, 1.54) is 0 Å². The zero-order valence-electron chi connectivity index (χ0n) is 14.5. The molecule has 4 rings (SSSR count). The summed E-state index contributed by atoms with van der Waals surface area (Å²) in [7, 11) is 0. The van der Waals surface area contributed by atoms with Gasteiger partial charge in [-0.05, 0) is 24.3 Å². The molecule has 5 nitrogen and oxygen atoms in total. The van der Waals surface area contributed by atoms with Gasteiger partial charge in [-0.25, -0.2) is 0 Å². The summed E-state index contributed by atoms with van der Waals surface area (Å²) in [4.78, 5) is 13.1. The molecule has 0 spiro atoms. The smallest absolute Gasteiger partial charge is 0.261 e. The Morgan fingerprint density at radius 2 is 1.30 bits per heavy atom. The topological polar surface area (TPSA) is 69.8 Å². The van der Waals surface area contributed by atoms with Crippen molar-refractivity contribution in [2.24, 2.45) is 0 Å². The molecule has 3 N–H and O–H groups in total. The number of para-hydroxylation sites is 2. The minimum Gasteiger partial charge on any atom is -0.338 e. The van der Waals surface area contributed by atoms with Crippen LogP contribution in [0.3, 0.4) is 0 Å². The molecule has 0 radical (unpaired) electrons. The van der Waals surface area contributed by atoms with E-state index in [0.29, 0.717) is 17.1 Å². The van der Waals surface area contributed by atoms with E-state index in [4.69, 9.17) is 0 Å². The summed E-state index contributed by atoms with van der Waals surface area (Å²) in [6.45, 7) is 0. The number of nitrogens with zero attached hydrogens (tertiary/aromatic N) is 1. The van der Waals surface area contributed by atoms with Gasteiger partial charge in [-0.2, -0.15) is 5.10 Å². The monoisotopic (exact) mass is 354 g/mol. The molecular formula is C22H18N4O. The van der Waals surface area contributed by atoms with E-state index in [2.05, 4.69) is 20.8 Å². The van der Waals surface area contributed by atoms with Crippen LogP contribution in [0, 0.1) is 0 Å². The summed E-state index contributed by atoms with van der Waals surface area (Å²) >= 11 is 0. The van der Waals surface area contributed by atoms with Gasteiger partial charge in [0.1, 0.15) is 5.56 Å². The summed E-state index contributed by atoms with van der Waals surface area (Å²) in [5.74, 6) is 0.251. The standard InChI is InChI=1S/C22H18N4O/c27-22(24-18-14-8-3-9-15-18)19-20(16-10-4-1-5-11-16)25-26-21(19)23-17-12-6-2-7-13-17/h1-15H,(H,24,27)(H2,23,25,26). The van der Waals surface area contributed by atoms with Crippen LogP contribution >= 0.6 is 0 Å². The Labute approximate surface area is 157 Å². The van der Waals surface area contributed by atoms with Crippen LogP contribution in [0.1, 0.15) is 10.4 Å². The van der Waals surface area contributed by atoms with Crippen molar-refractivity contribution < 1.29 is 4.79 Å². The number of hydrogen-bond acceptors (Lipinski definition) is 3. The van der Waals surface area contributed by atoms with E-state index >= 15 is 0 Å². The van der Waals surface area contributed by atoms with Crippen LogP contribution in [-0.2, 0) is 0 Å². The molecule has 4 aromatic rings. The predicted octanol–water partition coefficient (Wildman–Crippen LogP) is 5.07. The SMILES string of the molecule is O=C(Nc1ccccc1)c1c(Nc2ccccc2)n[nH]c1-c1ccccc1. The number of amides is 1. The van der Waals surface area contributed by atoms with Crippen molar-refractivity contribution >= 4 is 23.1 Å². The molecule has 3 aromatic carbocycles. The van der Waals surface area contributed by atoms with Crippen molar-refractivity contribution in [2.45, 2.75) is 0 Å². The first kappa shape index (κ1) is 16.6. The third-order valence-corrected chi connectivity index (χ3v) is 4.12. The second-order valence-electron chi connectivity index (χ2n) is 6.00. The van der Waals surface area contributed by atoms with Crippen molar-refractivity contribution in [2.75, 3.05) is 10.6 Å². The highest BCUT2D eigenvalue weighted by Crippen LogP contribution is 2.29. The molecule has 0 fully saturated rings. The number of aromatic amines is 1. The summed E-state index contributed by atoms with van der Waals surface area (Å²) < 4.78 is 0. The van der Waals surface area contributed by atoms with E-state index in [-0.39, 0.29) is 5.91 Å². The van der Waals surface area contributed by atoms with E-state index in [0.717, 1.165) is 16.9 Å². The van der Waals surface area contributed by atoms with Crippen molar-refractivity contribution in [3.8, 4) is 11.3 Å². The number of carbonyl (C=O) groups is 1. The third kappa shape index (κ3) is 3.72. The highest BCUT2D eigenvalue weighted by atomic mass is 16.1. The first-order valence-corrected chi connectivity index (χ1v) is 8.63. The van der Waals surface area contributed by atoms with Crippen LogP contribution in [0.5, 0.6) is 0 Å². The molecule has 0 saturated carbocycles. The van der Waals surface area contributed by atoms with E-state index in [1.807, 2.05) is 91.0 Å². The summed E-state index contributed by atoms with van der Waals surface area (Å²) in [6, 6.07) is 28.7. The highest BCUT2D eigenvalue weighted by molar-refractivity contribution is 6.11. The Morgan fingerprint density at radius 3 is 1.93 bits per heavy atom. The van der Waals surface area contributed by atoms with Gasteiger partial charge in [0.15, 0.2) is 5.82 Å². The van der Waals surface area contributed by atoms with Gasteiger partial charge in [-0.15, -0.1) is 0 Å². The van der Waals surface area contributed by atoms with E-state index in [1.54, 1.807) is 0 Å². The van der Waals surface area contributed by atoms with Gasteiger partial charge < -0.3 is 10.6 Å². The summed E-state index contributed by atoms with van der Waals surface area (Å²) in [5, 5.41) is 13.5. The Kier molecular flexibility index (Phi) is 4.66.